The SMILES string of the molecule is O=C(NC1CCCCC1)c1ccc(Br)c(S(=O)(=O)N2CCOCC2)c1. The predicted octanol–water partition coefficient (Wildman–Crippen LogP) is 2.53. The number of morpholine rings is 1. The van der Waals surface area contributed by atoms with Crippen LogP contribution in [0.1, 0.15) is 42.5 Å². The van der Waals surface area contributed by atoms with E-state index in [-0.39, 0.29) is 16.8 Å². The topological polar surface area (TPSA) is 75.7 Å². The quantitative estimate of drug-likeness (QED) is 0.795. The summed E-state index contributed by atoms with van der Waals surface area (Å²) in [7, 11) is -3.66. The maximum Gasteiger partial charge on any atom is 0.251 e. The Morgan fingerprint density at radius 3 is 2.52 bits per heavy atom. The van der Waals surface area contributed by atoms with Crippen molar-refractivity contribution in [2.24, 2.45) is 0 Å². The third kappa shape index (κ3) is 4.42. The van der Waals surface area contributed by atoms with Gasteiger partial charge in [-0.25, -0.2) is 8.42 Å². The summed E-state index contributed by atoms with van der Waals surface area (Å²) in [6.45, 7) is 1.43. The van der Waals surface area contributed by atoms with E-state index in [0.29, 0.717) is 36.3 Å². The number of hydrogen-bond acceptors (Lipinski definition) is 4. The molecule has 25 heavy (non-hydrogen) atoms. The number of nitrogens with zero attached hydrogens (tertiary/aromatic N) is 1. The van der Waals surface area contributed by atoms with Crippen LogP contribution in [-0.4, -0.2) is 51.0 Å². The third-order valence-electron chi connectivity index (χ3n) is 4.72. The summed E-state index contributed by atoms with van der Waals surface area (Å²) in [4.78, 5) is 12.7. The molecular weight excluding hydrogens is 408 g/mol. The summed E-state index contributed by atoms with van der Waals surface area (Å²) >= 11 is 3.31. The van der Waals surface area contributed by atoms with Crippen molar-refractivity contribution in [3.8, 4) is 0 Å². The molecule has 1 aromatic rings. The molecule has 0 aromatic heterocycles. The van der Waals surface area contributed by atoms with E-state index < -0.39 is 10.0 Å². The van der Waals surface area contributed by atoms with Gasteiger partial charge in [-0.15, -0.1) is 0 Å². The van der Waals surface area contributed by atoms with Crippen LogP contribution in [-0.2, 0) is 14.8 Å². The minimum Gasteiger partial charge on any atom is -0.379 e. The van der Waals surface area contributed by atoms with Crippen LogP contribution in [0.15, 0.2) is 27.6 Å². The van der Waals surface area contributed by atoms with Gasteiger partial charge in [-0.3, -0.25) is 4.79 Å². The summed E-state index contributed by atoms with van der Waals surface area (Å²) in [6.07, 6.45) is 5.44. The number of nitrogens with one attached hydrogen (secondary N) is 1. The molecule has 138 valence electrons. The van der Waals surface area contributed by atoms with Crippen LogP contribution in [0.25, 0.3) is 0 Å². The molecule has 1 aromatic carbocycles. The van der Waals surface area contributed by atoms with Gasteiger partial charge in [0.2, 0.25) is 10.0 Å². The largest absolute Gasteiger partial charge is 0.379 e. The highest BCUT2D eigenvalue weighted by Crippen LogP contribution is 2.27. The first-order valence-corrected chi connectivity index (χ1v) is 10.9. The Labute approximate surface area is 157 Å². The molecule has 0 radical (unpaired) electrons. The number of benzene rings is 1. The normalized spacial score (nSPS) is 20.4. The molecule has 1 saturated heterocycles. The van der Waals surface area contributed by atoms with Gasteiger partial charge >= 0.3 is 0 Å². The fourth-order valence-corrected chi connectivity index (χ4v) is 5.64. The van der Waals surface area contributed by atoms with E-state index in [4.69, 9.17) is 4.74 Å². The zero-order valence-electron chi connectivity index (χ0n) is 14.0. The molecule has 0 unspecified atom stereocenters. The van der Waals surface area contributed by atoms with Crippen LogP contribution < -0.4 is 5.32 Å². The zero-order chi connectivity index (χ0) is 17.9. The molecule has 1 N–H and O–H groups in total. The number of hydrogen-bond donors (Lipinski definition) is 1. The van der Waals surface area contributed by atoms with Gasteiger partial charge in [0, 0.05) is 29.2 Å². The Hall–Kier alpha value is -0.960. The fourth-order valence-electron chi connectivity index (χ4n) is 3.28. The smallest absolute Gasteiger partial charge is 0.251 e. The van der Waals surface area contributed by atoms with Gasteiger partial charge in [0.1, 0.15) is 0 Å². The molecule has 8 heteroatoms. The van der Waals surface area contributed by atoms with Crippen molar-refractivity contribution >= 4 is 31.9 Å². The molecule has 1 aliphatic heterocycles. The van der Waals surface area contributed by atoms with Crippen LogP contribution in [0.5, 0.6) is 0 Å². The lowest BCUT2D eigenvalue weighted by Crippen LogP contribution is -2.41. The lowest BCUT2D eigenvalue weighted by atomic mass is 9.95. The van der Waals surface area contributed by atoms with E-state index in [2.05, 4.69) is 21.2 Å². The minimum atomic E-state index is -3.66. The first kappa shape index (κ1) is 18.8. The van der Waals surface area contributed by atoms with E-state index in [1.54, 1.807) is 12.1 Å². The van der Waals surface area contributed by atoms with Gasteiger partial charge in [-0.2, -0.15) is 4.31 Å². The van der Waals surface area contributed by atoms with E-state index >= 15 is 0 Å². The molecule has 2 fully saturated rings. The highest BCUT2D eigenvalue weighted by atomic mass is 79.9. The predicted molar refractivity (Wildman–Crippen MR) is 98.1 cm³/mol. The minimum absolute atomic E-state index is 0.130. The van der Waals surface area contributed by atoms with Crippen molar-refractivity contribution in [3.63, 3.8) is 0 Å². The molecule has 1 amide bonds. The van der Waals surface area contributed by atoms with Crippen LogP contribution in [0.3, 0.4) is 0 Å². The second-order valence-electron chi connectivity index (χ2n) is 6.47. The van der Waals surface area contributed by atoms with Crippen LogP contribution in [0, 0.1) is 0 Å². The fraction of sp³-hybridized carbons (Fsp3) is 0.588. The van der Waals surface area contributed by atoms with E-state index in [1.165, 1.54) is 16.8 Å². The standard InChI is InChI=1S/C17H23BrN2O4S/c18-15-7-6-13(17(21)19-14-4-2-1-3-5-14)12-16(15)25(22,23)20-8-10-24-11-9-20/h6-7,12,14H,1-5,8-11H2,(H,19,21). The van der Waals surface area contributed by atoms with Gasteiger partial charge in [-0.05, 0) is 47.0 Å². The number of amides is 1. The lowest BCUT2D eigenvalue weighted by Gasteiger charge is -2.26. The molecule has 0 spiro atoms. The van der Waals surface area contributed by atoms with Gasteiger partial charge in [0.15, 0.2) is 0 Å². The Kier molecular flexibility index (Phi) is 6.14. The highest BCUT2D eigenvalue weighted by Gasteiger charge is 2.29. The second kappa shape index (κ2) is 8.16. The Morgan fingerprint density at radius 2 is 1.84 bits per heavy atom. The van der Waals surface area contributed by atoms with E-state index in [1.807, 2.05) is 0 Å². The molecule has 1 aliphatic carbocycles. The summed E-state index contributed by atoms with van der Waals surface area (Å²) < 4.78 is 32.9. The van der Waals surface area contributed by atoms with Crippen LogP contribution >= 0.6 is 15.9 Å². The Balaban J connectivity index is 1.81. The summed E-state index contributed by atoms with van der Waals surface area (Å²) in [5.74, 6) is -0.210. The summed E-state index contributed by atoms with van der Waals surface area (Å²) in [5.41, 5.74) is 0.376. The third-order valence-corrected chi connectivity index (χ3v) is 7.61. The number of sulfonamides is 1. The lowest BCUT2D eigenvalue weighted by molar-refractivity contribution is 0.0730. The van der Waals surface area contributed by atoms with E-state index in [9.17, 15) is 13.2 Å². The van der Waals surface area contributed by atoms with Gasteiger partial charge in [0.05, 0.1) is 18.1 Å². The summed E-state index contributed by atoms with van der Waals surface area (Å²) in [6, 6.07) is 4.93. The van der Waals surface area contributed by atoms with Crippen molar-refractivity contribution < 1.29 is 17.9 Å². The van der Waals surface area contributed by atoms with Gasteiger partial charge in [0.25, 0.3) is 5.91 Å². The molecule has 0 atom stereocenters. The molecule has 1 heterocycles. The van der Waals surface area contributed by atoms with Crippen molar-refractivity contribution in [3.05, 3.63) is 28.2 Å². The average Bonchev–Trinajstić information content (AvgIpc) is 2.63. The summed E-state index contributed by atoms with van der Waals surface area (Å²) in [5, 5.41) is 3.03. The molecule has 6 nitrogen and oxygen atoms in total. The number of halogens is 1. The first-order chi connectivity index (χ1) is 12.0. The van der Waals surface area contributed by atoms with Crippen molar-refractivity contribution in [1.29, 1.82) is 0 Å². The number of carbonyl (C=O) groups excluding carboxylic acids is 1. The second-order valence-corrected chi connectivity index (χ2v) is 9.23. The molecule has 3 rings (SSSR count). The van der Waals surface area contributed by atoms with Crippen molar-refractivity contribution in [2.45, 2.75) is 43.0 Å². The molecule has 0 bridgehead atoms. The molecule has 1 saturated carbocycles. The zero-order valence-corrected chi connectivity index (χ0v) is 16.4. The van der Waals surface area contributed by atoms with Gasteiger partial charge in [-0.1, -0.05) is 19.3 Å². The van der Waals surface area contributed by atoms with E-state index in [0.717, 1.165) is 25.7 Å². The van der Waals surface area contributed by atoms with Crippen LogP contribution in [0.4, 0.5) is 0 Å². The number of carbonyl (C=O) groups is 1. The Bertz CT molecular complexity index is 726. The Morgan fingerprint density at radius 1 is 1.16 bits per heavy atom. The van der Waals surface area contributed by atoms with Crippen LogP contribution in [0.2, 0.25) is 0 Å². The monoisotopic (exact) mass is 430 g/mol. The number of rotatable bonds is 4. The van der Waals surface area contributed by atoms with Crippen molar-refractivity contribution in [1.82, 2.24) is 9.62 Å². The number of ether oxygens (including phenoxy) is 1. The first-order valence-electron chi connectivity index (χ1n) is 8.67. The maximum absolute atomic E-state index is 12.9. The molecular formula is C17H23BrN2O4S. The van der Waals surface area contributed by atoms with Crippen molar-refractivity contribution in [2.75, 3.05) is 26.3 Å². The maximum atomic E-state index is 12.9. The molecule has 2 aliphatic rings. The van der Waals surface area contributed by atoms with Gasteiger partial charge < -0.3 is 10.1 Å². The highest BCUT2D eigenvalue weighted by molar-refractivity contribution is 9.10. The average molecular weight is 431 g/mol.